The lowest BCUT2D eigenvalue weighted by Gasteiger charge is -2.08. The van der Waals surface area contributed by atoms with Crippen molar-refractivity contribution in [2.24, 2.45) is 13.0 Å². The van der Waals surface area contributed by atoms with Crippen LogP contribution in [0.15, 0.2) is 29.4 Å². The van der Waals surface area contributed by atoms with E-state index in [4.69, 9.17) is 4.74 Å². The van der Waals surface area contributed by atoms with Gasteiger partial charge in [-0.15, -0.1) is 10.2 Å². The molecule has 1 aliphatic heterocycles. The minimum Gasteiger partial charge on any atom is -0.490 e. The van der Waals surface area contributed by atoms with E-state index in [0.717, 1.165) is 11.0 Å². The van der Waals surface area contributed by atoms with Crippen molar-refractivity contribution in [3.8, 4) is 5.75 Å². The predicted octanol–water partition coefficient (Wildman–Crippen LogP) is 2.10. The number of benzene rings is 1. The molecule has 136 valence electrons. The van der Waals surface area contributed by atoms with Gasteiger partial charge in [0.15, 0.2) is 26.6 Å². The second-order valence-electron chi connectivity index (χ2n) is 6.06. The number of aromatic nitrogens is 3. The molecule has 0 bridgehead atoms. The number of rotatable bonds is 7. The smallest absolute Gasteiger partial charge is 0.191 e. The van der Waals surface area contributed by atoms with Crippen LogP contribution < -0.4 is 4.74 Å². The third-order valence-electron chi connectivity index (χ3n) is 4.13. The zero-order valence-electron chi connectivity index (χ0n) is 13.9. The molecule has 0 N–H and O–H groups in total. The van der Waals surface area contributed by atoms with Crippen molar-refractivity contribution in [1.82, 2.24) is 14.8 Å². The second-order valence-corrected chi connectivity index (χ2v) is 9.35. The average molecular weight is 385 g/mol. The van der Waals surface area contributed by atoms with Crippen LogP contribution in [0.4, 0.5) is 4.39 Å². The SMILES string of the molecule is Cn1c(C[C@@H]2CCS(=O)(=O)C2)nnc1SCCOc1ccccc1F. The Morgan fingerprint density at radius 2 is 2.16 bits per heavy atom. The fourth-order valence-electron chi connectivity index (χ4n) is 2.79. The van der Waals surface area contributed by atoms with E-state index < -0.39 is 9.84 Å². The quantitative estimate of drug-likeness (QED) is 0.537. The first kappa shape index (κ1) is 18.2. The molecule has 0 radical (unpaired) electrons. The maximum Gasteiger partial charge on any atom is 0.191 e. The van der Waals surface area contributed by atoms with Gasteiger partial charge in [0.25, 0.3) is 0 Å². The molecule has 25 heavy (non-hydrogen) atoms. The number of sulfone groups is 1. The molecule has 1 fully saturated rings. The van der Waals surface area contributed by atoms with Crippen molar-refractivity contribution < 1.29 is 17.5 Å². The molecule has 0 saturated carbocycles. The van der Waals surface area contributed by atoms with Crippen molar-refractivity contribution >= 4 is 21.6 Å². The Hall–Kier alpha value is -1.61. The number of hydrogen-bond acceptors (Lipinski definition) is 6. The summed E-state index contributed by atoms with van der Waals surface area (Å²) in [5.74, 6) is 1.89. The van der Waals surface area contributed by atoms with Crippen LogP contribution in [0.3, 0.4) is 0 Å². The average Bonchev–Trinajstić information content (AvgIpc) is 3.09. The van der Waals surface area contributed by atoms with Gasteiger partial charge >= 0.3 is 0 Å². The maximum atomic E-state index is 13.5. The zero-order valence-corrected chi connectivity index (χ0v) is 15.5. The second kappa shape index (κ2) is 7.74. The lowest BCUT2D eigenvalue weighted by molar-refractivity contribution is 0.325. The minimum absolute atomic E-state index is 0.120. The van der Waals surface area contributed by atoms with Gasteiger partial charge in [-0.2, -0.15) is 0 Å². The summed E-state index contributed by atoms with van der Waals surface area (Å²) in [7, 11) is -1.01. The van der Waals surface area contributed by atoms with Crippen molar-refractivity contribution in [2.75, 3.05) is 23.9 Å². The zero-order chi connectivity index (χ0) is 17.9. The van der Waals surface area contributed by atoms with E-state index >= 15 is 0 Å². The molecule has 0 amide bonds. The number of ether oxygens (including phenoxy) is 1. The highest BCUT2D eigenvalue weighted by atomic mass is 32.2. The van der Waals surface area contributed by atoms with Crippen molar-refractivity contribution in [3.63, 3.8) is 0 Å². The summed E-state index contributed by atoms with van der Waals surface area (Å²) in [6, 6.07) is 6.30. The van der Waals surface area contributed by atoms with E-state index in [2.05, 4.69) is 10.2 Å². The summed E-state index contributed by atoms with van der Waals surface area (Å²) >= 11 is 1.47. The third-order valence-corrected chi connectivity index (χ3v) is 6.95. The molecular formula is C16H20FN3O3S2. The molecule has 1 saturated heterocycles. The highest BCUT2D eigenvalue weighted by Gasteiger charge is 2.29. The number of nitrogens with zero attached hydrogens (tertiary/aromatic N) is 3. The van der Waals surface area contributed by atoms with Crippen LogP contribution in [0.5, 0.6) is 5.75 Å². The summed E-state index contributed by atoms with van der Waals surface area (Å²) in [6.45, 7) is 0.356. The Morgan fingerprint density at radius 3 is 2.88 bits per heavy atom. The van der Waals surface area contributed by atoms with E-state index in [0.29, 0.717) is 25.2 Å². The van der Waals surface area contributed by atoms with Crippen molar-refractivity contribution in [1.29, 1.82) is 0 Å². The van der Waals surface area contributed by atoms with E-state index in [9.17, 15) is 12.8 Å². The number of thioether (sulfide) groups is 1. The molecule has 0 unspecified atom stereocenters. The molecule has 2 heterocycles. The van der Waals surface area contributed by atoms with Gasteiger partial charge in [0.2, 0.25) is 0 Å². The fraction of sp³-hybridized carbons (Fsp3) is 0.500. The fourth-order valence-corrected chi connectivity index (χ4v) is 5.39. The Kier molecular flexibility index (Phi) is 5.63. The number of hydrogen-bond donors (Lipinski definition) is 0. The van der Waals surface area contributed by atoms with Crippen molar-refractivity contribution in [3.05, 3.63) is 35.9 Å². The molecule has 0 aliphatic carbocycles. The van der Waals surface area contributed by atoms with Gasteiger partial charge in [-0.25, -0.2) is 12.8 Å². The maximum absolute atomic E-state index is 13.5. The number of para-hydroxylation sites is 1. The first-order chi connectivity index (χ1) is 11.9. The molecular weight excluding hydrogens is 365 g/mol. The molecule has 1 atom stereocenters. The lowest BCUT2D eigenvalue weighted by atomic mass is 10.1. The van der Waals surface area contributed by atoms with Gasteiger partial charge in [-0.05, 0) is 24.5 Å². The van der Waals surface area contributed by atoms with Crippen LogP contribution in [-0.4, -0.2) is 47.0 Å². The standard InChI is InChI=1S/C16H20FN3O3S2/c1-20-15(10-12-6-9-25(21,22)11-12)18-19-16(20)24-8-7-23-14-5-3-2-4-13(14)17/h2-5,12H,6-11H2,1H3/t12-/m0/s1. The van der Waals surface area contributed by atoms with Crippen LogP contribution in [0.2, 0.25) is 0 Å². The topological polar surface area (TPSA) is 74.1 Å². The van der Waals surface area contributed by atoms with Crippen LogP contribution in [0.1, 0.15) is 12.2 Å². The van der Waals surface area contributed by atoms with E-state index in [-0.39, 0.29) is 29.0 Å². The largest absolute Gasteiger partial charge is 0.490 e. The van der Waals surface area contributed by atoms with Crippen LogP contribution >= 0.6 is 11.8 Å². The van der Waals surface area contributed by atoms with Gasteiger partial charge < -0.3 is 9.30 Å². The monoisotopic (exact) mass is 385 g/mol. The molecule has 2 aromatic rings. The Morgan fingerprint density at radius 1 is 1.36 bits per heavy atom. The normalized spacial score (nSPS) is 19.2. The lowest BCUT2D eigenvalue weighted by Crippen LogP contribution is -2.11. The summed E-state index contributed by atoms with van der Waals surface area (Å²) in [4.78, 5) is 0. The summed E-state index contributed by atoms with van der Waals surface area (Å²) in [5, 5.41) is 9.07. The minimum atomic E-state index is -2.88. The molecule has 1 aromatic carbocycles. The van der Waals surface area contributed by atoms with E-state index in [1.54, 1.807) is 18.2 Å². The van der Waals surface area contributed by atoms with Crippen LogP contribution in [0.25, 0.3) is 0 Å². The van der Waals surface area contributed by atoms with Crippen LogP contribution in [-0.2, 0) is 23.3 Å². The van der Waals surface area contributed by atoms with Gasteiger partial charge in [0.1, 0.15) is 5.82 Å². The predicted molar refractivity (Wildman–Crippen MR) is 94.1 cm³/mol. The highest BCUT2D eigenvalue weighted by Crippen LogP contribution is 2.24. The summed E-state index contributed by atoms with van der Waals surface area (Å²) in [6.07, 6.45) is 1.31. The summed E-state index contributed by atoms with van der Waals surface area (Å²) in [5.41, 5.74) is 0. The molecule has 0 spiro atoms. The summed E-state index contributed by atoms with van der Waals surface area (Å²) < 4.78 is 43.9. The molecule has 1 aromatic heterocycles. The van der Waals surface area contributed by atoms with E-state index in [1.165, 1.54) is 17.8 Å². The van der Waals surface area contributed by atoms with Gasteiger partial charge in [0.05, 0.1) is 18.1 Å². The molecule has 1 aliphatic rings. The number of halogens is 1. The van der Waals surface area contributed by atoms with E-state index in [1.807, 2.05) is 11.6 Å². The highest BCUT2D eigenvalue weighted by molar-refractivity contribution is 7.99. The third kappa shape index (κ3) is 4.72. The Bertz CT molecular complexity index is 839. The van der Waals surface area contributed by atoms with Gasteiger partial charge in [-0.1, -0.05) is 23.9 Å². The van der Waals surface area contributed by atoms with Gasteiger partial charge in [0, 0.05) is 19.2 Å². The molecule has 9 heteroatoms. The first-order valence-corrected chi connectivity index (χ1v) is 10.8. The Balaban J connectivity index is 1.49. The Labute approximate surface area is 150 Å². The molecule has 6 nitrogen and oxygen atoms in total. The van der Waals surface area contributed by atoms with Crippen molar-refractivity contribution in [2.45, 2.75) is 18.0 Å². The first-order valence-electron chi connectivity index (χ1n) is 8.03. The van der Waals surface area contributed by atoms with Crippen LogP contribution in [0, 0.1) is 11.7 Å². The molecule has 3 rings (SSSR count). The van der Waals surface area contributed by atoms with Gasteiger partial charge in [-0.3, -0.25) is 0 Å².